The molecule has 26 heavy (non-hydrogen) atoms. The van der Waals surface area contributed by atoms with E-state index in [1.54, 1.807) is 22.2 Å². The summed E-state index contributed by atoms with van der Waals surface area (Å²) < 4.78 is 1.78. The summed E-state index contributed by atoms with van der Waals surface area (Å²) in [4.78, 5) is 17.1. The maximum Gasteiger partial charge on any atom is 0.229 e. The van der Waals surface area contributed by atoms with Crippen LogP contribution in [-0.4, -0.2) is 33.8 Å². The lowest BCUT2D eigenvalue weighted by Crippen LogP contribution is -2.28. The number of amides is 1. The van der Waals surface area contributed by atoms with Crippen molar-refractivity contribution in [3.8, 4) is 10.6 Å². The minimum atomic E-state index is -0.104. The first-order valence-corrected chi connectivity index (χ1v) is 9.09. The molecule has 1 aliphatic heterocycles. The number of rotatable bonds is 4. The summed E-state index contributed by atoms with van der Waals surface area (Å²) in [7, 11) is 1.89. The number of thiazole rings is 1. The van der Waals surface area contributed by atoms with Gasteiger partial charge in [-0.05, 0) is 17.7 Å². The first-order valence-electron chi connectivity index (χ1n) is 8.21. The second-order valence-corrected chi connectivity index (χ2v) is 7.12. The molecule has 0 spiro atoms. The number of aryl methyl sites for hydroxylation is 1. The second kappa shape index (κ2) is 7.99. The summed E-state index contributed by atoms with van der Waals surface area (Å²) in [6.07, 6.45) is 5.62. The van der Waals surface area contributed by atoms with E-state index < -0.39 is 0 Å². The fourth-order valence-electron chi connectivity index (χ4n) is 3.27. The highest BCUT2D eigenvalue weighted by Gasteiger charge is 2.34. The Morgan fingerprint density at radius 1 is 1.38 bits per heavy atom. The van der Waals surface area contributed by atoms with Crippen molar-refractivity contribution in [1.29, 1.82) is 0 Å². The van der Waals surface area contributed by atoms with E-state index in [-0.39, 0.29) is 30.2 Å². The number of benzene rings is 1. The molecule has 136 valence electrons. The molecular formula is C18H20ClN5OS. The number of carbonyl (C=O) groups excluding carboxylic acids is 1. The van der Waals surface area contributed by atoms with E-state index in [4.69, 9.17) is 0 Å². The fourth-order valence-corrected chi connectivity index (χ4v) is 3.90. The predicted molar refractivity (Wildman–Crippen MR) is 106 cm³/mol. The SMILES string of the molecule is Cl.Cn1cc([C@H]2CNC[C@@H]2C(=O)Nc2cccc(-c3nccs3)c2)cn1. The van der Waals surface area contributed by atoms with Gasteiger partial charge in [-0.25, -0.2) is 4.98 Å². The molecule has 0 aliphatic carbocycles. The van der Waals surface area contributed by atoms with Crippen LogP contribution >= 0.6 is 23.7 Å². The Morgan fingerprint density at radius 2 is 2.27 bits per heavy atom. The normalized spacial score (nSPS) is 19.1. The zero-order chi connectivity index (χ0) is 17.2. The van der Waals surface area contributed by atoms with Gasteiger partial charge in [-0.15, -0.1) is 23.7 Å². The molecule has 0 bridgehead atoms. The van der Waals surface area contributed by atoms with Crippen LogP contribution in [0.5, 0.6) is 0 Å². The van der Waals surface area contributed by atoms with Crippen molar-refractivity contribution < 1.29 is 4.79 Å². The quantitative estimate of drug-likeness (QED) is 0.719. The van der Waals surface area contributed by atoms with Gasteiger partial charge in [-0.3, -0.25) is 9.48 Å². The van der Waals surface area contributed by atoms with Gasteiger partial charge in [0, 0.05) is 55.1 Å². The van der Waals surface area contributed by atoms with E-state index in [0.717, 1.165) is 28.4 Å². The van der Waals surface area contributed by atoms with Crippen molar-refractivity contribution in [2.45, 2.75) is 5.92 Å². The molecule has 2 aromatic heterocycles. The molecule has 1 amide bonds. The maximum absolute atomic E-state index is 12.8. The van der Waals surface area contributed by atoms with Crippen LogP contribution in [0.25, 0.3) is 10.6 Å². The van der Waals surface area contributed by atoms with Crippen molar-refractivity contribution in [3.63, 3.8) is 0 Å². The van der Waals surface area contributed by atoms with Crippen molar-refractivity contribution in [1.82, 2.24) is 20.1 Å². The third-order valence-electron chi connectivity index (χ3n) is 4.51. The number of halogens is 1. The minimum absolute atomic E-state index is 0. The number of nitrogens with zero attached hydrogens (tertiary/aromatic N) is 3. The molecule has 0 radical (unpaired) electrons. The molecule has 3 heterocycles. The van der Waals surface area contributed by atoms with Crippen LogP contribution in [0.2, 0.25) is 0 Å². The lowest BCUT2D eigenvalue weighted by atomic mass is 9.90. The molecule has 4 rings (SSSR count). The highest BCUT2D eigenvalue weighted by Crippen LogP contribution is 2.30. The summed E-state index contributed by atoms with van der Waals surface area (Å²) in [6, 6.07) is 7.83. The standard InChI is InChI=1S/C18H19N5OS.ClH/c1-23-11-13(8-21-23)15-9-19-10-16(15)17(24)22-14-4-2-3-12(7-14)18-20-5-6-25-18;/h2-8,11,15-16,19H,9-10H2,1H3,(H,22,24);1H/t15-,16+;/m1./s1. The van der Waals surface area contributed by atoms with E-state index in [2.05, 4.69) is 20.7 Å². The molecule has 0 saturated carbocycles. The van der Waals surface area contributed by atoms with Crippen LogP contribution in [0.4, 0.5) is 5.69 Å². The summed E-state index contributed by atoms with van der Waals surface area (Å²) in [5.74, 6) is 0.0821. The van der Waals surface area contributed by atoms with Gasteiger partial charge in [0.2, 0.25) is 5.91 Å². The Morgan fingerprint density at radius 3 is 3.00 bits per heavy atom. The Labute approximate surface area is 162 Å². The molecule has 2 atom stereocenters. The number of carbonyl (C=O) groups is 1. The molecule has 1 aliphatic rings. The van der Waals surface area contributed by atoms with Gasteiger partial charge in [-0.1, -0.05) is 12.1 Å². The van der Waals surface area contributed by atoms with Crippen LogP contribution in [0.15, 0.2) is 48.2 Å². The zero-order valence-electron chi connectivity index (χ0n) is 14.3. The predicted octanol–water partition coefficient (Wildman–Crippen LogP) is 2.91. The highest BCUT2D eigenvalue weighted by atomic mass is 35.5. The lowest BCUT2D eigenvalue weighted by molar-refractivity contribution is -0.119. The third-order valence-corrected chi connectivity index (χ3v) is 5.34. The molecule has 3 aromatic rings. The van der Waals surface area contributed by atoms with Gasteiger partial charge < -0.3 is 10.6 Å². The van der Waals surface area contributed by atoms with Gasteiger partial charge >= 0.3 is 0 Å². The molecular weight excluding hydrogens is 370 g/mol. The first kappa shape index (κ1) is 18.6. The Bertz CT molecular complexity index is 879. The summed E-state index contributed by atoms with van der Waals surface area (Å²) in [5, 5.41) is 13.5. The van der Waals surface area contributed by atoms with Crippen molar-refractivity contribution in [2.24, 2.45) is 13.0 Å². The van der Waals surface area contributed by atoms with Gasteiger partial charge in [0.15, 0.2) is 0 Å². The third kappa shape index (κ3) is 3.80. The number of hydrogen-bond acceptors (Lipinski definition) is 5. The number of hydrogen-bond donors (Lipinski definition) is 2. The van der Waals surface area contributed by atoms with Gasteiger partial charge in [-0.2, -0.15) is 5.10 Å². The number of anilines is 1. The lowest BCUT2D eigenvalue weighted by Gasteiger charge is -2.17. The average molecular weight is 390 g/mol. The van der Waals surface area contributed by atoms with Crippen LogP contribution in [0, 0.1) is 5.92 Å². The molecule has 8 heteroatoms. The highest BCUT2D eigenvalue weighted by molar-refractivity contribution is 7.13. The number of aromatic nitrogens is 3. The van der Waals surface area contributed by atoms with E-state index in [1.807, 2.05) is 49.1 Å². The molecule has 0 unspecified atom stereocenters. The van der Waals surface area contributed by atoms with Crippen LogP contribution in [0.3, 0.4) is 0 Å². The molecule has 1 fully saturated rings. The topological polar surface area (TPSA) is 71.8 Å². The number of nitrogens with one attached hydrogen (secondary N) is 2. The van der Waals surface area contributed by atoms with Crippen molar-refractivity contribution in [2.75, 3.05) is 18.4 Å². The van der Waals surface area contributed by atoms with Crippen LogP contribution in [0.1, 0.15) is 11.5 Å². The van der Waals surface area contributed by atoms with Gasteiger partial charge in [0.05, 0.1) is 12.1 Å². The van der Waals surface area contributed by atoms with E-state index in [1.165, 1.54) is 0 Å². The first-order chi connectivity index (χ1) is 12.2. The summed E-state index contributed by atoms with van der Waals surface area (Å²) >= 11 is 1.59. The van der Waals surface area contributed by atoms with E-state index >= 15 is 0 Å². The second-order valence-electron chi connectivity index (χ2n) is 6.23. The Kier molecular flexibility index (Phi) is 5.70. The maximum atomic E-state index is 12.8. The van der Waals surface area contributed by atoms with Crippen molar-refractivity contribution >= 4 is 35.3 Å². The fraction of sp³-hybridized carbons (Fsp3) is 0.278. The molecule has 1 aromatic carbocycles. The summed E-state index contributed by atoms with van der Waals surface area (Å²) in [5.41, 5.74) is 2.92. The minimum Gasteiger partial charge on any atom is -0.326 e. The van der Waals surface area contributed by atoms with Crippen molar-refractivity contribution in [3.05, 3.63) is 53.8 Å². The Balaban J connectivity index is 0.00000196. The van der Waals surface area contributed by atoms with Crippen LogP contribution in [-0.2, 0) is 11.8 Å². The van der Waals surface area contributed by atoms with Gasteiger partial charge in [0.1, 0.15) is 5.01 Å². The smallest absolute Gasteiger partial charge is 0.229 e. The van der Waals surface area contributed by atoms with Gasteiger partial charge in [0.25, 0.3) is 0 Å². The zero-order valence-corrected chi connectivity index (χ0v) is 15.9. The molecule has 6 nitrogen and oxygen atoms in total. The van der Waals surface area contributed by atoms with Crippen LogP contribution < -0.4 is 10.6 Å². The summed E-state index contributed by atoms with van der Waals surface area (Å²) in [6.45, 7) is 1.47. The Hall–Kier alpha value is -2.22. The monoisotopic (exact) mass is 389 g/mol. The largest absolute Gasteiger partial charge is 0.326 e. The van der Waals surface area contributed by atoms with E-state index in [0.29, 0.717) is 6.54 Å². The molecule has 2 N–H and O–H groups in total. The average Bonchev–Trinajstić information content (AvgIpc) is 3.36. The van der Waals surface area contributed by atoms with E-state index in [9.17, 15) is 4.79 Å². The molecule has 1 saturated heterocycles.